The van der Waals surface area contributed by atoms with Crippen LogP contribution in [0.2, 0.25) is 5.02 Å². The first-order valence-electron chi connectivity index (χ1n) is 5.48. The van der Waals surface area contributed by atoms with E-state index in [1.165, 1.54) is 0 Å². The van der Waals surface area contributed by atoms with E-state index >= 15 is 0 Å². The van der Waals surface area contributed by atoms with Crippen LogP contribution >= 0.6 is 27.5 Å². The molecule has 0 saturated heterocycles. The van der Waals surface area contributed by atoms with Crippen molar-refractivity contribution >= 4 is 49.3 Å². The topological polar surface area (TPSA) is 32.9 Å². The maximum atomic E-state index is 12.4. The van der Waals surface area contributed by atoms with Crippen molar-refractivity contribution in [1.82, 2.24) is 4.98 Å². The molecule has 0 fully saturated rings. The van der Waals surface area contributed by atoms with Crippen LogP contribution < -0.4 is 5.43 Å². The molecule has 2 nitrogen and oxygen atoms in total. The van der Waals surface area contributed by atoms with Crippen molar-refractivity contribution in [1.29, 1.82) is 0 Å². The van der Waals surface area contributed by atoms with Crippen LogP contribution in [0, 0.1) is 6.92 Å². The quantitative estimate of drug-likeness (QED) is 0.611. The van der Waals surface area contributed by atoms with E-state index < -0.39 is 0 Å². The second-order valence-electron chi connectivity index (χ2n) is 4.29. The fourth-order valence-electron chi connectivity index (χ4n) is 2.10. The molecule has 4 heteroatoms. The maximum absolute atomic E-state index is 12.4. The Labute approximate surface area is 117 Å². The third kappa shape index (κ3) is 1.66. The number of benzene rings is 2. The molecule has 0 aliphatic heterocycles. The van der Waals surface area contributed by atoms with Gasteiger partial charge >= 0.3 is 0 Å². The van der Waals surface area contributed by atoms with Crippen LogP contribution in [0.4, 0.5) is 0 Å². The van der Waals surface area contributed by atoms with Crippen LogP contribution in [0.3, 0.4) is 0 Å². The van der Waals surface area contributed by atoms with Gasteiger partial charge in [0.2, 0.25) is 0 Å². The highest BCUT2D eigenvalue weighted by molar-refractivity contribution is 9.10. The van der Waals surface area contributed by atoms with E-state index in [1.54, 1.807) is 12.1 Å². The second kappa shape index (κ2) is 4.11. The Morgan fingerprint density at radius 3 is 2.67 bits per heavy atom. The van der Waals surface area contributed by atoms with Crippen molar-refractivity contribution in [2.24, 2.45) is 0 Å². The minimum Gasteiger partial charge on any atom is -0.353 e. The number of pyridine rings is 1. The Balaban J connectivity index is 2.61. The molecule has 0 radical (unpaired) electrons. The average molecular weight is 323 g/mol. The summed E-state index contributed by atoms with van der Waals surface area (Å²) in [4.78, 5) is 15.6. The first kappa shape index (κ1) is 11.8. The number of halogens is 2. The molecule has 0 bridgehead atoms. The monoisotopic (exact) mass is 321 g/mol. The summed E-state index contributed by atoms with van der Waals surface area (Å²) in [6, 6.07) is 9.23. The SMILES string of the molecule is Cc1ccc2c(=O)c3ccc(Cl)c(Br)c3[nH]c2c1. The van der Waals surface area contributed by atoms with Gasteiger partial charge in [-0.25, -0.2) is 0 Å². The van der Waals surface area contributed by atoms with Crippen LogP contribution in [0.5, 0.6) is 0 Å². The molecule has 0 spiro atoms. The number of aromatic amines is 1. The number of nitrogens with one attached hydrogen (secondary N) is 1. The predicted molar refractivity (Wildman–Crippen MR) is 79.5 cm³/mol. The van der Waals surface area contributed by atoms with E-state index in [2.05, 4.69) is 20.9 Å². The molecule has 0 amide bonds. The van der Waals surface area contributed by atoms with Crippen LogP contribution in [-0.4, -0.2) is 4.98 Å². The normalized spacial score (nSPS) is 11.3. The molecule has 18 heavy (non-hydrogen) atoms. The highest BCUT2D eigenvalue weighted by Crippen LogP contribution is 2.29. The number of H-pyrrole nitrogens is 1. The van der Waals surface area contributed by atoms with E-state index in [0.29, 0.717) is 15.8 Å². The van der Waals surface area contributed by atoms with Gasteiger partial charge in [0.05, 0.1) is 20.5 Å². The zero-order valence-corrected chi connectivity index (χ0v) is 11.9. The van der Waals surface area contributed by atoms with Gasteiger partial charge < -0.3 is 4.98 Å². The Kier molecular flexibility index (Phi) is 2.68. The van der Waals surface area contributed by atoms with Gasteiger partial charge in [0, 0.05) is 10.8 Å². The van der Waals surface area contributed by atoms with Gasteiger partial charge in [-0.05, 0) is 52.7 Å². The van der Waals surface area contributed by atoms with Crippen LogP contribution in [0.1, 0.15) is 5.56 Å². The molecule has 90 valence electrons. The Morgan fingerprint density at radius 2 is 1.89 bits per heavy atom. The summed E-state index contributed by atoms with van der Waals surface area (Å²) in [6.45, 7) is 2.00. The first-order chi connectivity index (χ1) is 8.58. The van der Waals surface area contributed by atoms with E-state index in [4.69, 9.17) is 11.6 Å². The summed E-state index contributed by atoms with van der Waals surface area (Å²) in [5.74, 6) is 0. The molecule has 0 aliphatic carbocycles. The molecule has 1 N–H and O–H groups in total. The Morgan fingerprint density at radius 1 is 1.17 bits per heavy atom. The third-order valence-corrected chi connectivity index (χ3v) is 4.39. The van der Waals surface area contributed by atoms with Crippen molar-refractivity contribution in [3.8, 4) is 0 Å². The van der Waals surface area contributed by atoms with E-state index in [9.17, 15) is 4.79 Å². The first-order valence-corrected chi connectivity index (χ1v) is 6.65. The lowest BCUT2D eigenvalue weighted by Gasteiger charge is -2.06. The van der Waals surface area contributed by atoms with E-state index in [1.807, 2.05) is 25.1 Å². The Hall–Kier alpha value is -1.32. The van der Waals surface area contributed by atoms with Crippen molar-refractivity contribution < 1.29 is 0 Å². The molecular weight excluding hydrogens is 314 g/mol. The van der Waals surface area contributed by atoms with Gasteiger partial charge in [-0.3, -0.25) is 4.79 Å². The van der Waals surface area contributed by atoms with Crippen LogP contribution in [0.15, 0.2) is 39.6 Å². The average Bonchev–Trinajstić information content (AvgIpc) is 2.34. The summed E-state index contributed by atoms with van der Waals surface area (Å²) in [5.41, 5.74) is 2.70. The smallest absolute Gasteiger partial charge is 0.197 e. The zero-order chi connectivity index (χ0) is 12.9. The molecule has 0 saturated carbocycles. The lowest BCUT2D eigenvalue weighted by Crippen LogP contribution is -2.04. The number of hydrogen-bond acceptors (Lipinski definition) is 1. The third-order valence-electron chi connectivity index (χ3n) is 3.02. The number of aryl methyl sites for hydroxylation is 1. The van der Waals surface area contributed by atoms with Gasteiger partial charge in [0.15, 0.2) is 5.43 Å². The zero-order valence-electron chi connectivity index (χ0n) is 9.55. The molecular formula is C14H9BrClNO. The lowest BCUT2D eigenvalue weighted by atomic mass is 10.1. The summed E-state index contributed by atoms with van der Waals surface area (Å²) in [5, 5.41) is 1.93. The largest absolute Gasteiger partial charge is 0.353 e. The summed E-state index contributed by atoms with van der Waals surface area (Å²) >= 11 is 9.47. The van der Waals surface area contributed by atoms with E-state index in [-0.39, 0.29) is 5.43 Å². The van der Waals surface area contributed by atoms with Crippen molar-refractivity contribution in [3.63, 3.8) is 0 Å². The molecule has 1 aromatic heterocycles. The van der Waals surface area contributed by atoms with Crippen molar-refractivity contribution in [3.05, 3.63) is 55.6 Å². The summed E-state index contributed by atoms with van der Waals surface area (Å²) in [7, 11) is 0. The minimum atomic E-state index is 0.0242. The standard InChI is InChI=1S/C14H9BrClNO/c1-7-2-3-8-11(6-7)17-13-9(14(8)18)4-5-10(16)12(13)15/h2-6H,1H3,(H,17,18). The second-order valence-corrected chi connectivity index (χ2v) is 5.49. The summed E-state index contributed by atoms with van der Waals surface area (Å²) in [6.07, 6.45) is 0. The molecule has 3 rings (SSSR count). The van der Waals surface area contributed by atoms with Gasteiger partial charge in [0.25, 0.3) is 0 Å². The molecule has 1 heterocycles. The number of aromatic nitrogens is 1. The van der Waals surface area contributed by atoms with Crippen LogP contribution in [0.25, 0.3) is 21.8 Å². The van der Waals surface area contributed by atoms with Crippen molar-refractivity contribution in [2.45, 2.75) is 6.92 Å². The molecule has 0 atom stereocenters. The lowest BCUT2D eigenvalue weighted by molar-refractivity contribution is 1.42. The van der Waals surface area contributed by atoms with Gasteiger partial charge in [-0.2, -0.15) is 0 Å². The van der Waals surface area contributed by atoms with Gasteiger partial charge in [-0.15, -0.1) is 0 Å². The van der Waals surface area contributed by atoms with Gasteiger partial charge in [-0.1, -0.05) is 17.7 Å². The number of fused-ring (bicyclic) bond motifs is 2. The Bertz CT molecular complexity index is 838. The fraction of sp³-hybridized carbons (Fsp3) is 0.0714. The highest BCUT2D eigenvalue weighted by Gasteiger charge is 2.09. The van der Waals surface area contributed by atoms with Gasteiger partial charge in [0.1, 0.15) is 0 Å². The maximum Gasteiger partial charge on any atom is 0.197 e. The fourth-order valence-corrected chi connectivity index (χ4v) is 2.70. The van der Waals surface area contributed by atoms with Crippen molar-refractivity contribution in [2.75, 3.05) is 0 Å². The minimum absolute atomic E-state index is 0.0242. The predicted octanol–water partition coefficient (Wildman–Crippen LogP) is 4.41. The highest BCUT2D eigenvalue weighted by atomic mass is 79.9. The molecule has 3 aromatic rings. The summed E-state index contributed by atoms with van der Waals surface area (Å²) < 4.78 is 0.724. The molecule has 0 aliphatic rings. The number of rotatable bonds is 0. The number of hydrogen-bond donors (Lipinski definition) is 1. The molecule has 2 aromatic carbocycles. The van der Waals surface area contributed by atoms with Crippen LogP contribution in [-0.2, 0) is 0 Å². The van der Waals surface area contributed by atoms with E-state index in [0.717, 1.165) is 21.1 Å². The molecule has 0 unspecified atom stereocenters.